The van der Waals surface area contributed by atoms with Crippen molar-refractivity contribution in [1.82, 2.24) is 15.0 Å². The van der Waals surface area contributed by atoms with Gasteiger partial charge in [0.15, 0.2) is 0 Å². The highest BCUT2D eigenvalue weighted by atomic mass is 16.9. The second-order valence-corrected chi connectivity index (χ2v) is 5.78. The highest BCUT2D eigenvalue weighted by Crippen LogP contribution is 2.20. The third-order valence-electron chi connectivity index (χ3n) is 3.86. The predicted octanol–water partition coefficient (Wildman–Crippen LogP) is 2.77. The zero-order chi connectivity index (χ0) is 18.4. The molecule has 0 aliphatic heterocycles. The van der Waals surface area contributed by atoms with Crippen molar-refractivity contribution in [3.8, 4) is 0 Å². The number of ether oxygens (including phenoxy) is 1. The Morgan fingerprint density at radius 1 is 1.12 bits per heavy atom. The molecule has 0 aliphatic rings. The number of fused-ring (bicyclic) bond motifs is 1. The Bertz CT molecular complexity index is 864. The van der Waals surface area contributed by atoms with Crippen LogP contribution in [-0.2, 0) is 27.5 Å². The van der Waals surface area contributed by atoms with E-state index < -0.39 is 5.91 Å². The average Bonchev–Trinajstić information content (AvgIpc) is 3.00. The molecule has 3 aromatic rings. The average molecular weight is 355 g/mol. The van der Waals surface area contributed by atoms with Crippen LogP contribution in [0.25, 0.3) is 10.9 Å². The molecule has 1 aromatic heterocycles. The van der Waals surface area contributed by atoms with Crippen LogP contribution < -0.4 is 0 Å². The molecule has 7 heteroatoms. The molecular formula is C19H21N3O4. The van der Waals surface area contributed by atoms with Gasteiger partial charge in [-0.05, 0) is 11.6 Å². The van der Waals surface area contributed by atoms with Crippen LogP contribution in [0.5, 0.6) is 0 Å². The van der Waals surface area contributed by atoms with Crippen LogP contribution in [-0.4, -0.2) is 39.3 Å². The van der Waals surface area contributed by atoms with Crippen molar-refractivity contribution in [2.24, 2.45) is 0 Å². The minimum absolute atomic E-state index is 0.0682. The van der Waals surface area contributed by atoms with Gasteiger partial charge in [-0.1, -0.05) is 53.8 Å². The lowest BCUT2D eigenvalue weighted by Crippen LogP contribution is -2.26. The molecule has 7 nitrogen and oxygen atoms in total. The van der Waals surface area contributed by atoms with Crippen molar-refractivity contribution < 1.29 is 19.6 Å². The molecule has 1 N–H and O–H groups in total. The van der Waals surface area contributed by atoms with E-state index in [0.717, 1.165) is 16.6 Å². The maximum atomic E-state index is 10.8. The van der Waals surface area contributed by atoms with Crippen LogP contribution >= 0.6 is 0 Å². The Kier molecular flexibility index (Phi) is 5.96. The summed E-state index contributed by atoms with van der Waals surface area (Å²) in [5.74, 6) is -0.587. The van der Waals surface area contributed by atoms with E-state index in [0.29, 0.717) is 13.2 Å². The Hall–Kier alpha value is -2.74. The van der Waals surface area contributed by atoms with Gasteiger partial charge >= 0.3 is 0 Å². The van der Waals surface area contributed by atoms with Crippen molar-refractivity contribution in [1.29, 1.82) is 0 Å². The summed E-state index contributed by atoms with van der Waals surface area (Å²) < 4.78 is 7.53. The number of benzene rings is 2. The number of para-hydroxylation sites is 1. The van der Waals surface area contributed by atoms with Gasteiger partial charge in [-0.3, -0.25) is 14.7 Å². The Labute approximate surface area is 151 Å². The van der Waals surface area contributed by atoms with Crippen LogP contribution in [0.1, 0.15) is 18.2 Å². The molecule has 1 amide bonds. The van der Waals surface area contributed by atoms with Gasteiger partial charge in [0.25, 0.3) is 5.91 Å². The minimum atomic E-state index is -0.587. The van der Waals surface area contributed by atoms with Crippen molar-refractivity contribution >= 4 is 16.8 Å². The molecule has 0 spiro atoms. The van der Waals surface area contributed by atoms with E-state index in [1.165, 1.54) is 12.5 Å². The number of aromatic nitrogens is 2. The van der Waals surface area contributed by atoms with Gasteiger partial charge in [-0.25, -0.2) is 4.84 Å². The lowest BCUT2D eigenvalue weighted by molar-refractivity contribution is -0.316. The highest BCUT2D eigenvalue weighted by Gasteiger charge is 2.11. The lowest BCUT2D eigenvalue weighted by atomic mass is 10.2. The molecule has 136 valence electrons. The van der Waals surface area contributed by atoms with E-state index in [4.69, 9.17) is 14.8 Å². The first-order valence-electron chi connectivity index (χ1n) is 8.33. The molecule has 3 rings (SSSR count). The monoisotopic (exact) mass is 355 g/mol. The van der Waals surface area contributed by atoms with Gasteiger partial charge in [0.2, 0.25) is 0 Å². The topological polar surface area (TPSA) is 76.8 Å². The van der Waals surface area contributed by atoms with Crippen LogP contribution in [0, 0.1) is 0 Å². The normalized spacial score (nSPS) is 11.0. The quantitative estimate of drug-likeness (QED) is 0.382. The van der Waals surface area contributed by atoms with Crippen LogP contribution in [0.15, 0.2) is 54.6 Å². The molecule has 0 bridgehead atoms. The number of carbonyl (C=O) groups excluding carboxylic acids is 1. The molecule has 0 saturated heterocycles. The number of hydrogen-bond donors (Lipinski definition) is 1. The zero-order valence-electron chi connectivity index (χ0n) is 14.5. The van der Waals surface area contributed by atoms with E-state index in [9.17, 15) is 4.79 Å². The summed E-state index contributed by atoms with van der Waals surface area (Å²) in [6.45, 7) is 2.50. The number of nitrogens with zero attached hydrogens (tertiary/aromatic N) is 3. The van der Waals surface area contributed by atoms with Crippen molar-refractivity contribution in [2.75, 3.05) is 13.2 Å². The number of hydroxylamine groups is 2. The second-order valence-electron chi connectivity index (χ2n) is 5.78. The molecule has 0 unspecified atom stereocenters. The molecule has 0 aliphatic carbocycles. The fourth-order valence-corrected chi connectivity index (χ4v) is 2.62. The third kappa shape index (κ3) is 4.45. The number of carbonyl (C=O) groups is 1. The zero-order valence-corrected chi connectivity index (χ0v) is 14.5. The Balaban J connectivity index is 1.64. The first-order chi connectivity index (χ1) is 12.6. The highest BCUT2D eigenvalue weighted by molar-refractivity contribution is 5.81. The van der Waals surface area contributed by atoms with Crippen molar-refractivity contribution in [2.45, 2.75) is 20.1 Å². The van der Waals surface area contributed by atoms with E-state index in [1.807, 2.05) is 47.1 Å². The van der Waals surface area contributed by atoms with E-state index in [-0.39, 0.29) is 18.4 Å². The predicted molar refractivity (Wildman–Crippen MR) is 95.2 cm³/mol. The van der Waals surface area contributed by atoms with Gasteiger partial charge in [0.05, 0.1) is 31.0 Å². The molecule has 0 saturated carbocycles. The maximum Gasteiger partial charge on any atom is 0.270 e. The van der Waals surface area contributed by atoms with Gasteiger partial charge < -0.3 is 4.74 Å². The summed E-state index contributed by atoms with van der Waals surface area (Å²) in [7, 11) is 0. The second kappa shape index (κ2) is 8.57. The Morgan fingerprint density at radius 2 is 1.85 bits per heavy atom. The molecule has 1 heterocycles. The first-order valence-corrected chi connectivity index (χ1v) is 8.33. The van der Waals surface area contributed by atoms with Crippen molar-refractivity contribution in [3.05, 3.63) is 65.9 Å². The first kappa shape index (κ1) is 18.1. The van der Waals surface area contributed by atoms with E-state index in [2.05, 4.69) is 17.2 Å². The molecule has 26 heavy (non-hydrogen) atoms. The largest absolute Gasteiger partial charge is 0.373 e. The SMILES string of the molecule is CC(=O)N(O)OCCOCc1nn(Cc2ccccc2)c2ccccc12. The minimum Gasteiger partial charge on any atom is -0.373 e. The molecular weight excluding hydrogens is 334 g/mol. The van der Waals surface area contributed by atoms with Gasteiger partial charge in [-0.2, -0.15) is 5.10 Å². The molecule has 0 fully saturated rings. The number of amides is 1. The van der Waals surface area contributed by atoms with Gasteiger partial charge in [0, 0.05) is 12.3 Å². The Morgan fingerprint density at radius 3 is 2.62 bits per heavy atom. The molecule has 2 aromatic carbocycles. The molecule has 0 atom stereocenters. The summed E-state index contributed by atoms with van der Waals surface area (Å²) in [4.78, 5) is 15.6. The van der Waals surface area contributed by atoms with Crippen LogP contribution in [0.2, 0.25) is 0 Å². The summed E-state index contributed by atoms with van der Waals surface area (Å²) in [5, 5.41) is 15.0. The van der Waals surface area contributed by atoms with Crippen molar-refractivity contribution in [3.63, 3.8) is 0 Å². The number of rotatable bonds is 8. The fourth-order valence-electron chi connectivity index (χ4n) is 2.62. The third-order valence-corrected chi connectivity index (χ3v) is 3.86. The van der Waals surface area contributed by atoms with E-state index >= 15 is 0 Å². The van der Waals surface area contributed by atoms with Gasteiger partial charge in [0.1, 0.15) is 6.61 Å². The molecule has 0 radical (unpaired) electrons. The van der Waals surface area contributed by atoms with E-state index in [1.54, 1.807) is 0 Å². The van der Waals surface area contributed by atoms with Gasteiger partial charge in [-0.15, -0.1) is 0 Å². The summed E-state index contributed by atoms with van der Waals surface area (Å²) in [6.07, 6.45) is 0. The smallest absolute Gasteiger partial charge is 0.270 e. The maximum absolute atomic E-state index is 10.8. The van der Waals surface area contributed by atoms with Crippen LogP contribution in [0.4, 0.5) is 0 Å². The standard InChI is InChI=1S/C19H21N3O4/c1-15(23)22(24)26-12-11-25-14-18-17-9-5-6-10-19(17)21(20-18)13-16-7-3-2-4-8-16/h2-10,24H,11-14H2,1H3. The fraction of sp³-hybridized carbons (Fsp3) is 0.263. The number of hydrogen-bond acceptors (Lipinski definition) is 5. The summed E-state index contributed by atoms with van der Waals surface area (Å²) in [5.41, 5.74) is 3.06. The summed E-state index contributed by atoms with van der Waals surface area (Å²) in [6, 6.07) is 18.2. The summed E-state index contributed by atoms with van der Waals surface area (Å²) >= 11 is 0. The van der Waals surface area contributed by atoms with Crippen LogP contribution in [0.3, 0.4) is 0 Å². The lowest BCUT2D eigenvalue weighted by Gasteiger charge is -2.11.